The highest BCUT2D eigenvalue weighted by molar-refractivity contribution is 5.32. The quantitative estimate of drug-likeness (QED) is 0.809. The van der Waals surface area contributed by atoms with Crippen LogP contribution in [0.15, 0.2) is 12.1 Å². The zero-order valence-electron chi connectivity index (χ0n) is 10.1. The molecule has 1 nitrogen and oxygen atoms in total. The van der Waals surface area contributed by atoms with Crippen LogP contribution in [-0.2, 0) is 6.42 Å². The van der Waals surface area contributed by atoms with E-state index in [9.17, 15) is 4.39 Å². The molecule has 1 aliphatic heterocycles. The fourth-order valence-electron chi connectivity index (χ4n) is 2.51. The van der Waals surface area contributed by atoms with Crippen molar-refractivity contribution in [3.63, 3.8) is 0 Å². The lowest BCUT2D eigenvalue weighted by molar-refractivity contribution is 0.375. The van der Waals surface area contributed by atoms with Crippen LogP contribution < -0.4 is 5.32 Å². The lowest BCUT2D eigenvalue weighted by Gasteiger charge is -2.23. The molecule has 1 aromatic carbocycles. The van der Waals surface area contributed by atoms with Gasteiger partial charge in [-0.3, -0.25) is 0 Å². The smallest absolute Gasteiger partial charge is 0.126 e. The van der Waals surface area contributed by atoms with Gasteiger partial charge in [-0.05, 0) is 74.9 Å². The summed E-state index contributed by atoms with van der Waals surface area (Å²) in [4.78, 5) is 0. The molecular weight excluding hydrogens is 201 g/mol. The van der Waals surface area contributed by atoms with Crippen molar-refractivity contribution in [3.8, 4) is 0 Å². The molecule has 1 aliphatic rings. The van der Waals surface area contributed by atoms with Crippen molar-refractivity contribution in [2.24, 2.45) is 5.92 Å². The van der Waals surface area contributed by atoms with Gasteiger partial charge in [0.25, 0.3) is 0 Å². The number of aryl methyl sites for hydroxylation is 1. The van der Waals surface area contributed by atoms with Crippen LogP contribution in [0.1, 0.15) is 29.5 Å². The van der Waals surface area contributed by atoms with Gasteiger partial charge in [0.15, 0.2) is 0 Å². The molecule has 0 aliphatic carbocycles. The van der Waals surface area contributed by atoms with Gasteiger partial charge in [0.2, 0.25) is 0 Å². The Morgan fingerprint density at radius 3 is 2.88 bits per heavy atom. The lowest BCUT2D eigenvalue weighted by atomic mass is 9.89. The largest absolute Gasteiger partial charge is 0.316 e. The van der Waals surface area contributed by atoms with E-state index in [1.807, 2.05) is 13.8 Å². The standard InChI is InChI=1S/C14H20FN/c1-10-6-13(11(2)14(15)7-10)8-12-4-3-5-16-9-12/h6-7,12,16H,3-5,8-9H2,1-2H3. The lowest BCUT2D eigenvalue weighted by Crippen LogP contribution is -2.31. The predicted octanol–water partition coefficient (Wildman–Crippen LogP) is 2.98. The monoisotopic (exact) mass is 221 g/mol. The predicted molar refractivity (Wildman–Crippen MR) is 65.2 cm³/mol. The summed E-state index contributed by atoms with van der Waals surface area (Å²) in [6.07, 6.45) is 3.53. The molecule has 1 aromatic rings. The molecule has 0 amide bonds. The first-order valence-corrected chi connectivity index (χ1v) is 6.13. The molecule has 0 aromatic heterocycles. The minimum atomic E-state index is -0.0567. The minimum absolute atomic E-state index is 0.0567. The van der Waals surface area contributed by atoms with Gasteiger partial charge < -0.3 is 5.32 Å². The zero-order chi connectivity index (χ0) is 11.5. The molecule has 1 heterocycles. The van der Waals surface area contributed by atoms with Crippen molar-refractivity contribution >= 4 is 0 Å². The van der Waals surface area contributed by atoms with E-state index < -0.39 is 0 Å². The summed E-state index contributed by atoms with van der Waals surface area (Å²) in [6, 6.07) is 3.75. The summed E-state index contributed by atoms with van der Waals surface area (Å²) in [6.45, 7) is 6.07. The van der Waals surface area contributed by atoms with E-state index in [2.05, 4.69) is 11.4 Å². The minimum Gasteiger partial charge on any atom is -0.316 e. The number of rotatable bonds is 2. The van der Waals surface area contributed by atoms with Crippen molar-refractivity contribution in [2.45, 2.75) is 33.1 Å². The molecule has 1 fully saturated rings. The average Bonchev–Trinajstić information content (AvgIpc) is 2.27. The Bertz CT molecular complexity index is 367. The van der Waals surface area contributed by atoms with E-state index >= 15 is 0 Å². The summed E-state index contributed by atoms with van der Waals surface area (Å²) >= 11 is 0. The first-order valence-electron chi connectivity index (χ1n) is 6.13. The summed E-state index contributed by atoms with van der Waals surface area (Å²) in [7, 11) is 0. The summed E-state index contributed by atoms with van der Waals surface area (Å²) in [5, 5.41) is 3.41. The molecule has 2 heteroatoms. The molecule has 0 radical (unpaired) electrons. The van der Waals surface area contributed by atoms with Crippen LogP contribution in [0.5, 0.6) is 0 Å². The topological polar surface area (TPSA) is 12.0 Å². The van der Waals surface area contributed by atoms with Crippen molar-refractivity contribution in [1.82, 2.24) is 5.32 Å². The second-order valence-electron chi connectivity index (χ2n) is 4.95. The molecule has 1 unspecified atom stereocenters. The first-order chi connectivity index (χ1) is 7.66. The van der Waals surface area contributed by atoms with Crippen LogP contribution in [0.3, 0.4) is 0 Å². The summed E-state index contributed by atoms with van der Waals surface area (Å²) in [5.74, 6) is 0.618. The van der Waals surface area contributed by atoms with Crippen LogP contribution in [0.4, 0.5) is 4.39 Å². The number of piperidine rings is 1. The van der Waals surface area contributed by atoms with Gasteiger partial charge in [0.1, 0.15) is 5.82 Å². The van der Waals surface area contributed by atoms with E-state index in [-0.39, 0.29) is 5.82 Å². The molecule has 16 heavy (non-hydrogen) atoms. The zero-order valence-corrected chi connectivity index (χ0v) is 10.1. The number of hydrogen-bond donors (Lipinski definition) is 1. The van der Waals surface area contributed by atoms with E-state index in [1.165, 1.54) is 18.4 Å². The fraction of sp³-hybridized carbons (Fsp3) is 0.571. The van der Waals surface area contributed by atoms with E-state index in [0.29, 0.717) is 5.92 Å². The van der Waals surface area contributed by atoms with Crippen molar-refractivity contribution in [3.05, 3.63) is 34.6 Å². The van der Waals surface area contributed by atoms with Gasteiger partial charge in [-0.25, -0.2) is 4.39 Å². The average molecular weight is 221 g/mol. The number of hydrogen-bond acceptors (Lipinski definition) is 1. The van der Waals surface area contributed by atoms with Gasteiger partial charge >= 0.3 is 0 Å². The molecule has 88 valence electrons. The van der Waals surface area contributed by atoms with E-state index in [0.717, 1.165) is 30.6 Å². The van der Waals surface area contributed by atoms with Gasteiger partial charge in [0, 0.05) is 0 Å². The molecule has 0 saturated carbocycles. The third-order valence-electron chi connectivity index (χ3n) is 3.50. The Morgan fingerprint density at radius 2 is 2.19 bits per heavy atom. The Hall–Kier alpha value is -0.890. The maximum atomic E-state index is 13.6. The molecule has 2 rings (SSSR count). The van der Waals surface area contributed by atoms with Gasteiger partial charge in [-0.2, -0.15) is 0 Å². The van der Waals surface area contributed by atoms with Gasteiger partial charge in [-0.15, -0.1) is 0 Å². The second kappa shape index (κ2) is 4.96. The van der Waals surface area contributed by atoms with Crippen LogP contribution >= 0.6 is 0 Å². The van der Waals surface area contributed by atoms with Crippen molar-refractivity contribution < 1.29 is 4.39 Å². The molecule has 1 atom stereocenters. The first kappa shape index (κ1) is 11.6. The molecular formula is C14H20FN. The maximum Gasteiger partial charge on any atom is 0.126 e. The van der Waals surface area contributed by atoms with Crippen molar-refractivity contribution in [2.75, 3.05) is 13.1 Å². The Balaban J connectivity index is 2.13. The number of benzene rings is 1. The van der Waals surface area contributed by atoms with E-state index in [1.54, 1.807) is 6.07 Å². The molecule has 0 spiro atoms. The molecule has 0 bridgehead atoms. The normalized spacial score (nSPS) is 21.1. The van der Waals surface area contributed by atoms with Crippen LogP contribution in [0.25, 0.3) is 0 Å². The van der Waals surface area contributed by atoms with Crippen molar-refractivity contribution in [1.29, 1.82) is 0 Å². The second-order valence-corrected chi connectivity index (χ2v) is 4.95. The highest BCUT2D eigenvalue weighted by Gasteiger charge is 2.15. The third kappa shape index (κ3) is 2.62. The Kier molecular flexibility index (Phi) is 3.59. The highest BCUT2D eigenvalue weighted by atomic mass is 19.1. The SMILES string of the molecule is Cc1cc(F)c(C)c(CC2CCCNC2)c1. The van der Waals surface area contributed by atoms with Gasteiger partial charge in [-0.1, -0.05) is 6.07 Å². The fourth-order valence-corrected chi connectivity index (χ4v) is 2.51. The van der Waals surface area contributed by atoms with Crippen LogP contribution in [0.2, 0.25) is 0 Å². The highest BCUT2D eigenvalue weighted by Crippen LogP contribution is 2.21. The Labute approximate surface area is 97.1 Å². The van der Waals surface area contributed by atoms with Gasteiger partial charge in [0.05, 0.1) is 0 Å². The van der Waals surface area contributed by atoms with E-state index in [4.69, 9.17) is 0 Å². The molecule has 1 N–H and O–H groups in total. The summed E-state index contributed by atoms with van der Waals surface area (Å²) in [5.41, 5.74) is 3.05. The van der Waals surface area contributed by atoms with Crippen LogP contribution in [0, 0.1) is 25.6 Å². The third-order valence-corrected chi connectivity index (χ3v) is 3.50. The van der Waals surface area contributed by atoms with Crippen LogP contribution in [-0.4, -0.2) is 13.1 Å². The number of halogens is 1. The maximum absolute atomic E-state index is 13.6. The number of nitrogens with one attached hydrogen (secondary N) is 1. The molecule has 1 saturated heterocycles. The Morgan fingerprint density at radius 1 is 1.38 bits per heavy atom. The summed E-state index contributed by atoms with van der Waals surface area (Å²) < 4.78 is 13.6.